The van der Waals surface area contributed by atoms with Crippen molar-refractivity contribution in [3.8, 4) is 0 Å². The van der Waals surface area contributed by atoms with Gasteiger partial charge in [-0.1, -0.05) is 18.6 Å². The van der Waals surface area contributed by atoms with Crippen molar-refractivity contribution < 1.29 is 19.4 Å². The molecule has 0 radical (unpaired) electrons. The van der Waals surface area contributed by atoms with Gasteiger partial charge in [0.1, 0.15) is 12.4 Å². The molecule has 25 heavy (non-hydrogen) atoms. The van der Waals surface area contributed by atoms with Crippen molar-refractivity contribution in [2.45, 2.75) is 77.4 Å². The first-order chi connectivity index (χ1) is 11.9. The van der Waals surface area contributed by atoms with Gasteiger partial charge in [-0.15, -0.1) is 0 Å². The Morgan fingerprint density at radius 2 is 2.00 bits per heavy atom. The number of aliphatic hydroxyl groups excluding tert-OH is 1. The molecule has 0 unspecified atom stereocenters. The molecule has 0 spiro atoms. The van der Waals surface area contributed by atoms with E-state index in [-0.39, 0.29) is 29.0 Å². The zero-order chi connectivity index (χ0) is 17.8. The second-order valence-corrected chi connectivity index (χ2v) is 9.09. The average molecular weight is 346 g/mol. The third-order valence-corrected chi connectivity index (χ3v) is 8.12. The van der Waals surface area contributed by atoms with Crippen LogP contribution in [0, 0.1) is 28.6 Å². The molecule has 4 aliphatic rings. The van der Waals surface area contributed by atoms with Gasteiger partial charge in [0.05, 0.1) is 11.5 Å². The van der Waals surface area contributed by atoms with E-state index in [2.05, 4.69) is 6.92 Å². The number of esters is 1. The van der Waals surface area contributed by atoms with E-state index in [0.717, 1.165) is 44.9 Å². The van der Waals surface area contributed by atoms with Crippen LogP contribution >= 0.6 is 0 Å². The van der Waals surface area contributed by atoms with Gasteiger partial charge in [-0.05, 0) is 69.1 Å². The van der Waals surface area contributed by atoms with Crippen molar-refractivity contribution in [2.24, 2.45) is 28.6 Å². The van der Waals surface area contributed by atoms with E-state index in [9.17, 15) is 14.7 Å². The summed E-state index contributed by atoms with van der Waals surface area (Å²) in [6.07, 6.45) is 10.5. The van der Waals surface area contributed by atoms with Gasteiger partial charge >= 0.3 is 5.97 Å². The Morgan fingerprint density at radius 3 is 2.72 bits per heavy atom. The summed E-state index contributed by atoms with van der Waals surface area (Å²) in [7, 11) is 0. The van der Waals surface area contributed by atoms with Crippen molar-refractivity contribution >= 4 is 12.3 Å². The normalized spacial score (nSPS) is 48.6. The van der Waals surface area contributed by atoms with Crippen LogP contribution in [0.2, 0.25) is 0 Å². The summed E-state index contributed by atoms with van der Waals surface area (Å²) in [5.74, 6) is 1.30. The van der Waals surface area contributed by atoms with E-state index in [1.807, 2.05) is 6.08 Å². The summed E-state index contributed by atoms with van der Waals surface area (Å²) in [5, 5.41) is 10.0. The summed E-state index contributed by atoms with van der Waals surface area (Å²) in [6, 6.07) is 0. The molecule has 3 saturated carbocycles. The van der Waals surface area contributed by atoms with E-state index in [1.54, 1.807) is 0 Å². The number of aliphatic hydroxyl groups is 1. The molecule has 3 fully saturated rings. The maximum absolute atomic E-state index is 12.3. The molecule has 0 aromatic rings. The van der Waals surface area contributed by atoms with E-state index in [4.69, 9.17) is 4.74 Å². The fraction of sp³-hybridized carbons (Fsp3) is 0.810. The average Bonchev–Trinajstić information content (AvgIpc) is 2.90. The quantitative estimate of drug-likeness (QED) is 0.473. The molecule has 138 valence electrons. The Labute approximate surface area is 150 Å². The van der Waals surface area contributed by atoms with Crippen molar-refractivity contribution in [2.75, 3.05) is 0 Å². The smallest absolute Gasteiger partial charge is 0.302 e. The zero-order valence-electron chi connectivity index (χ0n) is 15.4. The first-order valence-corrected chi connectivity index (χ1v) is 9.93. The van der Waals surface area contributed by atoms with Gasteiger partial charge in [0.25, 0.3) is 0 Å². The summed E-state index contributed by atoms with van der Waals surface area (Å²) >= 11 is 0. The largest absolute Gasteiger partial charge is 0.462 e. The molecule has 4 rings (SSSR count). The Hall–Kier alpha value is -1.16. The number of hydrogen-bond donors (Lipinski definition) is 1. The van der Waals surface area contributed by atoms with E-state index in [0.29, 0.717) is 24.2 Å². The highest BCUT2D eigenvalue weighted by atomic mass is 16.5. The number of aldehydes is 1. The Bertz CT molecular complexity index is 611. The van der Waals surface area contributed by atoms with Crippen LogP contribution in [0.4, 0.5) is 0 Å². The minimum Gasteiger partial charge on any atom is -0.462 e. The van der Waals surface area contributed by atoms with E-state index in [1.165, 1.54) is 18.8 Å². The Balaban J connectivity index is 1.65. The molecule has 4 aliphatic carbocycles. The molecule has 1 N–H and O–H groups in total. The van der Waals surface area contributed by atoms with Crippen molar-refractivity contribution in [1.82, 2.24) is 0 Å². The molecule has 0 aromatic heterocycles. The lowest BCUT2D eigenvalue weighted by Crippen LogP contribution is -2.53. The molecule has 4 nitrogen and oxygen atoms in total. The molecule has 0 heterocycles. The monoisotopic (exact) mass is 346 g/mol. The van der Waals surface area contributed by atoms with Crippen LogP contribution in [0.3, 0.4) is 0 Å². The van der Waals surface area contributed by atoms with Crippen LogP contribution in [0.25, 0.3) is 0 Å². The summed E-state index contributed by atoms with van der Waals surface area (Å²) in [6.45, 7) is 3.81. The number of hydrogen-bond acceptors (Lipinski definition) is 4. The predicted molar refractivity (Wildman–Crippen MR) is 93.7 cm³/mol. The molecule has 0 bridgehead atoms. The molecule has 0 saturated heterocycles. The molecular formula is C21H30O4. The van der Waals surface area contributed by atoms with Crippen molar-refractivity contribution in [3.63, 3.8) is 0 Å². The third kappa shape index (κ3) is 2.43. The number of ether oxygens (including phenoxy) is 1. The molecular weight excluding hydrogens is 316 g/mol. The second-order valence-electron chi connectivity index (χ2n) is 9.09. The van der Waals surface area contributed by atoms with Gasteiger partial charge in [0.15, 0.2) is 0 Å². The lowest BCUT2D eigenvalue weighted by atomic mass is 9.47. The van der Waals surface area contributed by atoms with Crippen LogP contribution in [-0.2, 0) is 14.3 Å². The maximum Gasteiger partial charge on any atom is 0.302 e. The van der Waals surface area contributed by atoms with Crippen LogP contribution < -0.4 is 0 Å². The minimum atomic E-state index is -0.381. The highest BCUT2D eigenvalue weighted by molar-refractivity contribution is 5.67. The van der Waals surface area contributed by atoms with Gasteiger partial charge in [0, 0.05) is 12.3 Å². The lowest BCUT2D eigenvalue weighted by molar-refractivity contribution is -0.157. The highest BCUT2D eigenvalue weighted by Gasteiger charge is 2.61. The number of fused-ring (bicyclic) bond motifs is 5. The van der Waals surface area contributed by atoms with Gasteiger partial charge < -0.3 is 14.6 Å². The molecule has 0 aromatic carbocycles. The maximum atomic E-state index is 12.3. The molecule has 4 heteroatoms. The number of carbonyl (C=O) groups is 2. The predicted octanol–water partition coefficient (Wildman–Crippen LogP) is 3.42. The number of allylic oxidation sites excluding steroid dienone is 1. The minimum absolute atomic E-state index is 0.0354. The summed E-state index contributed by atoms with van der Waals surface area (Å²) in [4.78, 5) is 23.8. The van der Waals surface area contributed by atoms with Gasteiger partial charge in [-0.25, -0.2) is 0 Å². The topological polar surface area (TPSA) is 63.6 Å². The fourth-order valence-electron chi connectivity index (χ4n) is 6.98. The molecule has 7 atom stereocenters. The van der Waals surface area contributed by atoms with Gasteiger partial charge in [0.2, 0.25) is 0 Å². The highest BCUT2D eigenvalue weighted by Crippen LogP contribution is 2.65. The Morgan fingerprint density at radius 1 is 1.20 bits per heavy atom. The first kappa shape index (κ1) is 17.3. The fourth-order valence-corrected chi connectivity index (χ4v) is 6.98. The van der Waals surface area contributed by atoms with Crippen molar-refractivity contribution in [3.05, 3.63) is 11.6 Å². The van der Waals surface area contributed by atoms with Crippen LogP contribution in [0.1, 0.15) is 65.2 Å². The summed E-state index contributed by atoms with van der Waals surface area (Å²) < 4.78 is 5.68. The zero-order valence-corrected chi connectivity index (χ0v) is 15.4. The van der Waals surface area contributed by atoms with Crippen LogP contribution in [-0.4, -0.2) is 29.6 Å². The summed E-state index contributed by atoms with van der Waals surface area (Å²) in [5.41, 5.74) is 0.913. The molecule has 0 amide bonds. The SMILES string of the molecule is CC(=O)O[C@H]1CC[C@H]2[C@@H]3CCC4=C[C@@H](O)CC[C@]4(C=O)[C@H]3CC[C@]12C. The third-order valence-electron chi connectivity index (χ3n) is 8.12. The Kier molecular flexibility index (Phi) is 4.10. The van der Waals surface area contributed by atoms with Crippen LogP contribution in [0.5, 0.6) is 0 Å². The standard InChI is InChI=1S/C21H30O4/c1-13(23)25-19-6-5-17-16-4-3-14-11-15(24)7-10-21(14,12-22)18(16)8-9-20(17,19)2/h11-12,15-19,24H,3-10H2,1-2H3/t15-,16-,17-,18-,19-,20-,21+/m0/s1. The number of carbonyl (C=O) groups excluding carboxylic acids is 2. The van der Waals surface area contributed by atoms with Crippen LogP contribution in [0.15, 0.2) is 11.6 Å². The first-order valence-electron chi connectivity index (χ1n) is 9.93. The van der Waals surface area contributed by atoms with Gasteiger partial charge in [-0.3, -0.25) is 4.79 Å². The number of rotatable bonds is 2. The van der Waals surface area contributed by atoms with Gasteiger partial charge in [-0.2, -0.15) is 0 Å². The second kappa shape index (κ2) is 5.94. The lowest BCUT2D eigenvalue weighted by Gasteiger charge is -2.57. The van der Waals surface area contributed by atoms with E-state index < -0.39 is 0 Å². The molecule has 0 aliphatic heterocycles. The van der Waals surface area contributed by atoms with Crippen molar-refractivity contribution in [1.29, 1.82) is 0 Å². The van der Waals surface area contributed by atoms with E-state index >= 15 is 0 Å².